The molecule has 14 heavy (non-hydrogen) atoms. The van der Waals surface area contributed by atoms with Gasteiger partial charge in [0, 0.05) is 20.2 Å². The van der Waals surface area contributed by atoms with Crippen LogP contribution in [-0.4, -0.2) is 42.9 Å². The molecule has 2 rings (SSSR count). The van der Waals surface area contributed by atoms with Gasteiger partial charge in [0.25, 0.3) is 0 Å². The Morgan fingerprint density at radius 1 is 1.50 bits per heavy atom. The molecule has 0 saturated carbocycles. The van der Waals surface area contributed by atoms with Crippen molar-refractivity contribution >= 4 is 0 Å². The average molecular weight is 201 g/mol. The van der Waals surface area contributed by atoms with Gasteiger partial charge in [-0.3, -0.25) is 4.90 Å². The highest BCUT2D eigenvalue weighted by molar-refractivity contribution is 5.10. The minimum absolute atomic E-state index is 0.222. The van der Waals surface area contributed by atoms with Crippen molar-refractivity contribution in [1.82, 2.24) is 4.90 Å². The maximum absolute atomic E-state index is 14.0. The zero-order chi connectivity index (χ0) is 10.3. The first-order valence-corrected chi connectivity index (χ1v) is 5.53. The van der Waals surface area contributed by atoms with E-state index in [1.54, 1.807) is 7.11 Å². The van der Waals surface area contributed by atoms with E-state index in [4.69, 9.17) is 4.74 Å². The SMILES string of the molecule is CO[C@H]1CN2CC[C@@H](F)[C@@]2(C(C)C)C1. The molecular formula is C11H20FNO. The van der Waals surface area contributed by atoms with Crippen LogP contribution in [0.2, 0.25) is 0 Å². The Hall–Kier alpha value is -0.150. The Kier molecular flexibility index (Phi) is 2.56. The second-order valence-electron chi connectivity index (χ2n) is 4.91. The molecule has 0 aromatic rings. The summed E-state index contributed by atoms with van der Waals surface area (Å²) < 4.78 is 19.4. The van der Waals surface area contributed by atoms with Crippen LogP contribution in [0.5, 0.6) is 0 Å². The number of rotatable bonds is 2. The van der Waals surface area contributed by atoms with Crippen LogP contribution in [-0.2, 0) is 4.74 Å². The van der Waals surface area contributed by atoms with Crippen LogP contribution in [0, 0.1) is 5.92 Å². The lowest BCUT2D eigenvalue weighted by atomic mass is 9.81. The maximum atomic E-state index is 14.0. The predicted octanol–water partition coefficient (Wildman–Crippen LogP) is 1.84. The van der Waals surface area contributed by atoms with Gasteiger partial charge in [0.1, 0.15) is 6.17 Å². The third kappa shape index (κ3) is 1.22. The third-order valence-electron chi connectivity index (χ3n) is 4.10. The molecule has 2 aliphatic heterocycles. The van der Waals surface area contributed by atoms with E-state index in [9.17, 15) is 4.39 Å². The fraction of sp³-hybridized carbons (Fsp3) is 1.00. The number of alkyl halides is 1. The van der Waals surface area contributed by atoms with Crippen LogP contribution < -0.4 is 0 Å². The van der Waals surface area contributed by atoms with Crippen LogP contribution >= 0.6 is 0 Å². The van der Waals surface area contributed by atoms with Gasteiger partial charge in [-0.05, 0) is 18.8 Å². The van der Waals surface area contributed by atoms with Gasteiger partial charge in [0.2, 0.25) is 0 Å². The monoisotopic (exact) mass is 201 g/mol. The lowest BCUT2D eigenvalue weighted by molar-refractivity contribution is 0.0634. The van der Waals surface area contributed by atoms with Gasteiger partial charge in [0.05, 0.1) is 11.6 Å². The first-order valence-electron chi connectivity index (χ1n) is 5.53. The Morgan fingerprint density at radius 2 is 2.21 bits per heavy atom. The lowest BCUT2D eigenvalue weighted by Gasteiger charge is -2.37. The summed E-state index contributed by atoms with van der Waals surface area (Å²) in [5.41, 5.74) is -0.222. The van der Waals surface area contributed by atoms with Gasteiger partial charge in [-0.1, -0.05) is 13.8 Å². The van der Waals surface area contributed by atoms with E-state index in [2.05, 4.69) is 18.7 Å². The number of nitrogens with zero attached hydrogens (tertiary/aromatic N) is 1. The van der Waals surface area contributed by atoms with Crippen molar-refractivity contribution in [2.75, 3.05) is 20.2 Å². The summed E-state index contributed by atoms with van der Waals surface area (Å²) in [6, 6.07) is 0. The van der Waals surface area contributed by atoms with Crippen molar-refractivity contribution < 1.29 is 9.13 Å². The van der Waals surface area contributed by atoms with Gasteiger partial charge in [0.15, 0.2) is 0 Å². The summed E-state index contributed by atoms with van der Waals surface area (Å²) in [7, 11) is 1.73. The molecule has 0 aliphatic carbocycles. The number of fused-ring (bicyclic) bond motifs is 1. The van der Waals surface area contributed by atoms with Crippen LogP contribution in [0.15, 0.2) is 0 Å². The summed E-state index contributed by atoms with van der Waals surface area (Å²) in [5, 5.41) is 0. The minimum Gasteiger partial charge on any atom is -0.380 e. The molecule has 2 fully saturated rings. The van der Waals surface area contributed by atoms with E-state index in [0.29, 0.717) is 12.3 Å². The summed E-state index contributed by atoms with van der Waals surface area (Å²) in [4.78, 5) is 2.30. The fourth-order valence-electron chi connectivity index (χ4n) is 3.24. The quantitative estimate of drug-likeness (QED) is 0.676. The summed E-state index contributed by atoms with van der Waals surface area (Å²) >= 11 is 0. The standard InChI is InChI=1S/C11H20FNO/c1-8(2)11-6-9(14-3)7-13(11)5-4-10(11)12/h8-10H,4-7H2,1-3H3/t9-,10-,11+/m1/s1. The van der Waals surface area contributed by atoms with Gasteiger partial charge < -0.3 is 4.74 Å². The summed E-state index contributed by atoms with van der Waals surface area (Å²) in [6.45, 7) is 6.07. The second-order valence-corrected chi connectivity index (χ2v) is 4.91. The normalized spacial score (nSPS) is 43.5. The maximum Gasteiger partial charge on any atom is 0.120 e. The first-order chi connectivity index (χ1) is 6.61. The Morgan fingerprint density at radius 3 is 2.71 bits per heavy atom. The molecule has 0 aromatic heterocycles. The molecule has 2 saturated heterocycles. The van der Waals surface area contributed by atoms with Crippen molar-refractivity contribution in [2.24, 2.45) is 5.92 Å². The molecule has 0 bridgehead atoms. The lowest BCUT2D eigenvalue weighted by Crippen LogP contribution is -2.48. The van der Waals surface area contributed by atoms with E-state index in [-0.39, 0.29) is 11.6 Å². The fourth-order valence-corrected chi connectivity index (χ4v) is 3.24. The van der Waals surface area contributed by atoms with Gasteiger partial charge >= 0.3 is 0 Å². The molecule has 0 amide bonds. The Bertz CT molecular complexity index is 221. The van der Waals surface area contributed by atoms with Crippen LogP contribution in [0.25, 0.3) is 0 Å². The molecule has 0 radical (unpaired) electrons. The molecule has 2 heterocycles. The highest BCUT2D eigenvalue weighted by Gasteiger charge is 2.56. The smallest absolute Gasteiger partial charge is 0.120 e. The molecule has 3 atom stereocenters. The number of methoxy groups -OCH3 is 1. The minimum atomic E-state index is -0.664. The molecule has 3 heteroatoms. The molecule has 0 N–H and O–H groups in total. The van der Waals surface area contributed by atoms with Crippen molar-refractivity contribution in [1.29, 1.82) is 0 Å². The van der Waals surface area contributed by atoms with Crippen molar-refractivity contribution in [3.05, 3.63) is 0 Å². The number of hydrogen-bond donors (Lipinski definition) is 0. The number of ether oxygens (including phenoxy) is 1. The predicted molar refractivity (Wildman–Crippen MR) is 54.1 cm³/mol. The Balaban J connectivity index is 2.23. The largest absolute Gasteiger partial charge is 0.380 e. The van der Waals surface area contributed by atoms with Crippen molar-refractivity contribution in [3.8, 4) is 0 Å². The van der Waals surface area contributed by atoms with Crippen molar-refractivity contribution in [2.45, 2.75) is 44.5 Å². The summed E-state index contributed by atoms with van der Waals surface area (Å²) in [6.07, 6.45) is 1.13. The highest BCUT2D eigenvalue weighted by atomic mass is 19.1. The van der Waals surface area contributed by atoms with Gasteiger partial charge in [-0.15, -0.1) is 0 Å². The summed E-state index contributed by atoms with van der Waals surface area (Å²) in [5.74, 6) is 0.375. The third-order valence-corrected chi connectivity index (χ3v) is 4.10. The molecular weight excluding hydrogens is 181 g/mol. The molecule has 2 aliphatic rings. The molecule has 0 unspecified atom stereocenters. The molecule has 0 aromatic carbocycles. The topological polar surface area (TPSA) is 12.5 Å². The first kappa shape index (κ1) is 10.4. The number of hydrogen-bond acceptors (Lipinski definition) is 2. The second kappa shape index (κ2) is 3.46. The van der Waals surface area contributed by atoms with E-state index < -0.39 is 6.17 Å². The van der Waals surface area contributed by atoms with E-state index >= 15 is 0 Å². The Labute approximate surface area is 85.4 Å². The zero-order valence-corrected chi connectivity index (χ0v) is 9.29. The van der Waals surface area contributed by atoms with Gasteiger partial charge in [-0.2, -0.15) is 0 Å². The number of halogens is 1. The highest BCUT2D eigenvalue weighted by Crippen LogP contribution is 2.46. The van der Waals surface area contributed by atoms with E-state index in [1.165, 1.54) is 0 Å². The molecule has 0 spiro atoms. The van der Waals surface area contributed by atoms with Crippen LogP contribution in [0.1, 0.15) is 26.7 Å². The van der Waals surface area contributed by atoms with Crippen molar-refractivity contribution in [3.63, 3.8) is 0 Å². The van der Waals surface area contributed by atoms with Crippen LogP contribution in [0.3, 0.4) is 0 Å². The zero-order valence-electron chi connectivity index (χ0n) is 9.29. The van der Waals surface area contributed by atoms with E-state index in [1.807, 2.05) is 0 Å². The molecule has 82 valence electrons. The molecule has 2 nitrogen and oxygen atoms in total. The average Bonchev–Trinajstić information content (AvgIpc) is 2.65. The van der Waals surface area contributed by atoms with Gasteiger partial charge in [-0.25, -0.2) is 4.39 Å². The van der Waals surface area contributed by atoms with E-state index in [0.717, 1.165) is 19.5 Å². The van der Waals surface area contributed by atoms with Crippen LogP contribution in [0.4, 0.5) is 4.39 Å².